The molecule has 4 nitrogen and oxygen atoms in total. The van der Waals surface area contributed by atoms with Crippen LogP contribution in [0.2, 0.25) is 0 Å². The molecule has 9 heteroatoms. The Balaban J connectivity index is 0.00000164. The van der Waals surface area contributed by atoms with Gasteiger partial charge in [0, 0.05) is 32.7 Å². The number of thiazole rings is 1. The molecule has 2 aromatic heterocycles. The third-order valence-electron chi connectivity index (χ3n) is 3.47. The Morgan fingerprint density at radius 3 is 2.37 bits per heavy atom. The number of pyridine rings is 1. The van der Waals surface area contributed by atoms with Gasteiger partial charge in [-0.1, -0.05) is 38.1 Å². The molecule has 1 N–H and O–H groups in total. The van der Waals surface area contributed by atoms with Crippen LogP contribution in [-0.2, 0) is 39.3 Å². The second-order valence-corrected chi connectivity index (χ2v) is 5.88. The molecule has 0 saturated heterocycles. The van der Waals surface area contributed by atoms with Gasteiger partial charge in [0.2, 0.25) is 0 Å². The minimum Gasteiger partial charge on any atom is -0.505 e. The van der Waals surface area contributed by atoms with Gasteiger partial charge >= 0.3 is 6.18 Å². The predicted octanol–water partition coefficient (Wildman–Crippen LogP) is 5.18. The fourth-order valence-electron chi connectivity index (χ4n) is 2.46. The Bertz CT molecular complexity index is 952. The molecule has 1 radical (unpaired) electrons. The van der Waals surface area contributed by atoms with E-state index in [2.05, 4.69) is 4.98 Å². The number of rotatable bonds is 2. The number of aromatic nitrogens is 2. The molecular formula is C18H20F3N2O2SY-. The third-order valence-corrected chi connectivity index (χ3v) is 4.31. The molecule has 0 amide bonds. The van der Waals surface area contributed by atoms with Gasteiger partial charge in [-0.15, -0.1) is 11.3 Å². The summed E-state index contributed by atoms with van der Waals surface area (Å²) in [5.74, 6) is -0.390. The van der Waals surface area contributed by atoms with Crippen LogP contribution in [0, 0.1) is 14.4 Å². The zero-order valence-electron chi connectivity index (χ0n) is 15.5. The van der Waals surface area contributed by atoms with Crippen LogP contribution in [0.25, 0.3) is 21.5 Å². The fraction of sp³-hybridized carbons (Fsp3) is 0.278. The van der Waals surface area contributed by atoms with E-state index in [-0.39, 0.29) is 61.8 Å². The Morgan fingerprint density at radius 1 is 1.22 bits per heavy atom. The van der Waals surface area contributed by atoms with Crippen molar-refractivity contribution in [2.75, 3.05) is 0 Å². The first-order valence-electron chi connectivity index (χ1n) is 7.61. The second kappa shape index (κ2) is 10.3. The molecule has 1 aromatic carbocycles. The molecule has 0 saturated carbocycles. The number of fused-ring (bicyclic) bond motifs is 1. The van der Waals surface area contributed by atoms with Crippen LogP contribution in [0.1, 0.15) is 19.4 Å². The Labute approximate surface area is 184 Å². The van der Waals surface area contributed by atoms with Crippen molar-refractivity contribution in [2.24, 2.45) is 0 Å². The SMILES string of the molecule is CC.Cc1ccccc1-c1c(O)c2ncsc2n(CC(F)(F)F)c1=O.[CH3-].[Y]. The van der Waals surface area contributed by atoms with E-state index in [9.17, 15) is 23.1 Å². The summed E-state index contributed by atoms with van der Waals surface area (Å²) in [4.78, 5) is 16.5. The molecule has 0 unspecified atom stereocenters. The Hall–Kier alpha value is -1.25. The zero-order chi connectivity index (χ0) is 18.8. The zero-order valence-corrected chi connectivity index (χ0v) is 19.1. The molecule has 2 heterocycles. The summed E-state index contributed by atoms with van der Waals surface area (Å²) in [5.41, 5.74) is 1.32. The van der Waals surface area contributed by atoms with Gasteiger partial charge in [-0.25, -0.2) is 4.98 Å². The minimum atomic E-state index is -4.55. The van der Waals surface area contributed by atoms with Crippen molar-refractivity contribution in [1.82, 2.24) is 9.55 Å². The summed E-state index contributed by atoms with van der Waals surface area (Å²) in [6.07, 6.45) is -4.55. The number of benzene rings is 1. The minimum absolute atomic E-state index is 0. The van der Waals surface area contributed by atoms with Crippen LogP contribution in [0.5, 0.6) is 5.75 Å². The van der Waals surface area contributed by atoms with E-state index in [0.717, 1.165) is 11.3 Å². The maximum Gasteiger partial charge on any atom is 0.406 e. The number of hydrogen-bond acceptors (Lipinski definition) is 4. The summed E-state index contributed by atoms with van der Waals surface area (Å²) in [6, 6.07) is 6.70. The molecule has 0 aliphatic heterocycles. The summed E-state index contributed by atoms with van der Waals surface area (Å²) in [5, 5.41) is 10.4. The van der Waals surface area contributed by atoms with Crippen molar-refractivity contribution in [2.45, 2.75) is 33.5 Å². The van der Waals surface area contributed by atoms with Gasteiger partial charge in [-0.3, -0.25) is 9.36 Å². The molecule has 3 aromatic rings. The monoisotopic (exact) mass is 474 g/mol. The van der Waals surface area contributed by atoms with Crippen LogP contribution in [-0.4, -0.2) is 20.8 Å². The summed E-state index contributed by atoms with van der Waals surface area (Å²) in [6.45, 7) is 4.29. The van der Waals surface area contributed by atoms with E-state index < -0.39 is 18.3 Å². The molecule has 0 spiro atoms. The van der Waals surface area contributed by atoms with Crippen molar-refractivity contribution < 1.29 is 51.0 Å². The van der Waals surface area contributed by atoms with Crippen molar-refractivity contribution >= 4 is 21.7 Å². The molecule has 27 heavy (non-hydrogen) atoms. The van der Waals surface area contributed by atoms with Gasteiger partial charge in [0.05, 0.1) is 11.1 Å². The summed E-state index contributed by atoms with van der Waals surface area (Å²) in [7, 11) is 0. The van der Waals surface area contributed by atoms with Crippen LogP contribution in [0.15, 0.2) is 34.6 Å². The van der Waals surface area contributed by atoms with Crippen LogP contribution >= 0.6 is 11.3 Å². The number of alkyl halides is 3. The standard InChI is InChI=1S/C15H11F3N2O2S.C2H6.CH3.Y/c1-8-4-2-3-5-9(8)10-12(21)11-14(23-7-19-11)20(13(10)22)6-15(16,17)18;1-2;;/h2-5,7,21H,6H2,1H3;1-2H3;1H3;/q;;-1;. The van der Waals surface area contributed by atoms with Gasteiger partial charge < -0.3 is 12.5 Å². The van der Waals surface area contributed by atoms with E-state index in [0.29, 0.717) is 15.7 Å². The smallest absolute Gasteiger partial charge is 0.406 e. The van der Waals surface area contributed by atoms with E-state index in [1.807, 2.05) is 13.8 Å². The quantitative estimate of drug-likeness (QED) is 0.522. The average Bonchev–Trinajstić information content (AvgIpc) is 3.04. The summed E-state index contributed by atoms with van der Waals surface area (Å²) >= 11 is 0.883. The van der Waals surface area contributed by atoms with Gasteiger partial charge in [-0.2, -0.15) is 13.2 Å². The Kier molecular flexibility index (Phi) is 9.86. The average molecular weight is 474 g/mol. The first-order chi connectivity index (χ1) is 11.8. The van der Waals surface area contributed by atoms with Crippen molar-refractivity contribution in [3.8, 4) is 16.9 Å². The van der Waals surface area contributed by atoms with Gasteiger partial charge in [0.15, 0.2) is 5.75 Å². The van der Waals surface area contributed by atoms with Gasteiger partial charge in [0.25, 0.3) is 5.56 Å². The van der Waals surface area contributed by atoms with Gasteiger partial charge in [0.1, 0.15) is 16.9 Å². The van der Waals surface area contributed by atoms with Gasteiger partial charge in [-0.05, 0) is 18.1 Å². The van der Waals surface area contributed by atoms with E-state index in [1.54, 1.807) is 31.2 Å². The predicted molar refractivity (Wildman–Crippen MR) is 99.5 cm³/mol. The summed E-state index contributed by atoms with van der Waals surface area (Å²) < 4.78 is 39.1. The fourth-order valence-corrected chi connectivity index (χ4v) is 3.25. The topological polar surface area (TPSA) is 55.1 Å². The van der Waals surface area contributed by atoms with Crippen molar-refractivity contribution in [3.05, 3.63) is 53.1 Å². The molecule has 0 atom stereocenters. The molecule has 0 aliphatic carbocycles. The maximum absolute atomic E-state index is 12.8. The number of aryl methyl sites for hydroxylation is 1. The first kappa shape index (κ1) is 25.8. The second-order valence-electron chi connectivity index (χ2n) is 5.05. The van der Waals surface area contributed by atoms with Crippen molar-refractivity contribution in [3.63, 3.8) is 0 Å². The molecule has 0 aliphatic rings. The van der Waals surface area contributed by atoms with E-state index in [1.165, 1.54) is 5.51 Å². The van der Waals surface area contributed by atoms with Crippen LogP contribution < -0.4 is 5.56 Å². The number of hydrogen-bond donors (Lipinski definition) is 1. The molecular weight excluding hydrogens is 454 g/mol. The molecule has 0 bridgehead atoms. The van der Waals surface area contributed by atoms with E-state index >= 15 is 0 Å². The Morgan fingerprint density at radius 2 is 1.81 bits per heavy atom. The van der Waals surface area contributed by atoms with Crippen LogP contribution in [0.4, 0.5) is 13.2 Å². The van der Waals surface area contributed by atoms with E-state index in [4.69, 9.17) is 0 Å². The third kappa shape index (κ3) is 5.39. The maximum atomic E-state index is 12.8. The van der Waals surface area contributed by atoms with Crippen molar-refractivity contribution in [1.29, 1.82) is 0 Å². The van der Waals surface area contributed by atoms with Crippen LogP contribution in [0.3, 0.4) is 0 Å². The number of halogens is 3. The first-order valence-corrected chi connectivity index (χ1v) is 8.49. The largest absolute Gasteiger partial charge is 0.505 e. The molecule has 3 rings (SSSR count). The molecule has 145 valence electrons. The number of aromatic hydroxyl groups is 1. The normalized spacial score (nSPS) is 10.4. The number of nitrogens with zero attached hydrogens (tertiary/aromatic N) is 2. The molecule has 0 fully saturated rings.